The van der Waals surface area contributed by atoms with Gasteiger partial charge in [0, 0.05) is 0 Å². The van der Waals surface area contributed by atoms with Crippen LogP contribution in [-0.2, 0) is 18.3 Å². The Hall–Kier alpha value is 3.96. The van der Waals surface area contributed by atoms with Crippen molar-refractivity contribution in [3.63, 3.8) is 0 Å². The van der Waals surface area contributed by atoms with E-state index in [9.17, 15) is 0 Å². The molecule has 0 fully saturated rings. The van der Waals surface area contributed by atoms with E-state index in [2.05, 4.69) is 0 Å². The molecule has 28 nitrogen and oxygen atoms in total. The first-order valence-corrected chi connectivity index (χ1v) is 9.39. The van der Waals surface area contributed by atoms with Crippen molar-refractivity contribution in [2.24, 2.45) is 0 Å². The van der Waals surface area contributed by atoms with Crippen molar-refractivity contribution in [2.75, 3.05) is 0 Å². The second-order valence-corrected chi connectivity index (χ2v) is 6.16. The van der Waals surface area contributed by atoms with Gasteiger partial charge in [-0.05, 0) is 0 Å². The minimum absolute atomic E-state index is 0. The fourth-order valence-electron chi connectivity index (χ4n) is 0. The Bertz CT molecular complexity index is 300. The molecule has 0 amide bonds. The molecular weight excluding hydrogens is 664 g/mol. The Morgan fingerprint density at radius 3 is 0.222 bits per heavy atom. The summed E-state index contributed by atoms with van der Waals surface area (Å²) in [6.07, 6.45) is 0. The van der Waals surface area contributed by atoms with Crippen LogP contribution in [0.5, 0.6) is 0 Å². The maximum atomic E-state index is 8.88. The Balaban J connectivity index is -0.00000000459. The van der Waals surface area contributed by atoms with Gasteiger partial charge in [-0.1, -0.05) is 0 Å². The van der Waals surface area contributed by atoms with Gasteiger partial charge in [0.1, 0.15) is 0 Å². The van der Waals surface area contributed by atoms with Crippen molar-refractivity contribution in [1.82, 2.24) is 0 Å². The van der Waals surface area contributed by atoms with Crippen LogP contribution in [0.15, 0.2) is 0 Å². The molecule has 232 valence electrons. The molecule has 0 radical (unpaired) electrons. The summed E-state index contributed by atoms with van der Waals surface area (Å²) < 4.78 is 35.5. The molecule has 36 heavy (non-hydrogen) atoms. The first-order valence-electron chi connectivity index (χ1n) is 3.13. The van der Waals surface area contributed by atoms with Crippen molar-refractivity contribution in [3.05, 3.63) is 0 Å². The SMILES string of the molecule is O.O.O.O.O.O.O.O.O.O.O.O.O=P(O)(O)O.O=P(O)(O)O.O=P(O)(O)O.O=P(O)(O)O.[NaH].[NaH].[NaH].[NaH]. The van der Waals surface area contributed by atoms with Gasteiger partial charge < -0.3 is 124 Å². The number of hydrogen-bond donors (Lipinski definition) is 12. The normalized spacial score (nSPS) is 6.56. The summed E-state index contributed by atoms with van der Waals surface area (Å²) in [5.41, 5.74) is 0. The van der Waals surface area contributed by atoms with E-state index in [0.717, 1.165) is 0 Å². The van der Waals surface area contributed by atoms with Gasteiger partial charge in [-0.15, -0.1) is 0 Å². The summed E-state index contributed by atoms with van der Waals surface area (Å²) in [5.74, 6) is 0. The number of rotatable bonds is 0. The van der Waals surface area contributed by atoms with Crippen molar-refractivity contribution >= 4 is 150 Å². The molecule has 0 spiro atoms. The summed E-state index contributed by atoms with van der Waals surface area (Å²) >= 11 is 0. The zero-order valence-corrected chi connectivity index (χ0v) is 18.4. The summed E-state index contributed by atoms with van der Waals surface area (Å²) in [4.78, 5) is 86.2. The molecule has 0 aromatic carbocycles. The van der Waals surface area contributed by atoms with Gasteiger partial charge in [0.05, 0.1) is 0 Å². The predicted molar refractivity (Wildman–Crippen MR) is 129 cm³/mol. The van der Waals surface area contributed by atoms with Crippen molar-refractivity contribution in [2.45, 2.75) is 0 Å². The van der Waals surface area contributed by atoms with Gasteiger partial charge in [0.15, 0.2) is 0 Å². The Morgan fingerprint density at radius 2 is 0.222 bits per heavy atom. The fourth-order valence-corrected chi connectivity index (χ4v) is 0. The average Bonchev–Trinajstić information content (AvgIpc) is 1.62. The fraction of sp³-hybridized carbons (Fsp3) is 0. The second-order valence-electron chi connectivity index (χ2n) is 2.05. The van der Waals surface area contributed by atoms with Crippen molar-refractivity contribution in [3.8, 4) is 0 Å². The molecular formula is H40Na4O28P4. The molecule has 36 heteroatoms. The van der Waals surface area contributed by atoms with Crippen molar-refractivity contribution in [1.29, 1.82) is 0 Å². The third kappa shape index (κ3) is 3310. The number of hydrogen-bond acceptors (Lipinski definition) is 4. The maximum absolute atomic E-state index is 8.88. The molecule has 0 saturated heterocycles. The summed E-state index contributed by atoms with van der Waals surface area (Å²) in [6.45, 7) is 0. The van der Waals surface area contributed by atoms with E-state index >= 15 is 0 Å². The summed E-state index contributed by atoms with van der Waals surface area (Å²) in [7, 11) is -18.6. The first kappa shape index (κ1) is 152. The topological polar surface area (TPSA) is 689 Å². The molecule has 36 N–H and O–H groups in total. The van der Waals surface area contributed by atoms with Gasteiger partial charge in [-0.25, -0.2) is 18.3 Å². The second kappa shape index (κ2) is 71.8. The standard InChI is InChI=1S/4Na.4H3O4P.12H2O.4H/c;;;;4*1-5(2,3)4;;;;;;;;;;;;;;;;/h;;;;4*(H3,1,2,3,4);12*1H2;;;;. The molecule has 0 bridgehead atoms. The van der Waals surface area contributed by atoms with E-state index in [0.29, 0.717) is 0 Å². The van der Waals surface area contributed by atoms with Crippen LogP contribution in [0, 0.1) is 0 Å². The van der Waals surface area contributed by atoms with E-state index in [1.54, 1.807) is 0 Å². The third-order valence-electron chi connectivity index (χ3n) is 0. The monoisotopic (exact) mass is 704 g/mol. The molecule has 0 aliphatic heterocycles. The van der Waals surface area contributed by atoms with Crippen LogP contribution in [-0.4, -0.2) is 243 Å². The summed E-state index contributed by atoms with van der Waals surface area (Å²) in [5, 5.41) is 0. The van der Waals surface area contributed by atoms with Crippen LogP contribution < -0.4 is 0 Å². The van der Waals surface area contributed by atoms with Crippen LogP contribution in [0.2, 0.25) is 0 Å². The van der Waals surface area contributed by atoms with Crippen LogP contribution in [0.3, 0.4) is 0 Å². The van der Waals surface area contributed by atoms with Crippen LogP contribution >= 0.6 is 31.3 Å². The molecule has 0 aliphatic carbocycles. The quantitative estimate of drug-likeness (QED) is 0.0822. The first-order chi connectivity index (χ1) is 8.00. The van der Waals surface area contributed by atoms with Gasteiger partial charge in [-0.3, -0.25) is 0 Å². The van der Waals surface area contributed by atoms with Gasteiger partial charge in [-0.2, -0.15) is 0 Å². The molecule has 0 rings (SSSR count). The average molecular weight is 704 g/mol. The number of phosphoric acid groups is 4. The predicted octanol–water partition coefficient (Wildman–Crippen LogP) is -16.2. The summed E-state index contributed by atoms with van der Waals surface area (Å²) in [6, 6.07) is 0. The van der Waals surface area contributed by atoms with Gasteiger partial charge in [0.25, 0.3) is 0 Å². The Morgan fingerprint density at radius 1 is 0.222 bits per heavy atom. The van der Waals surface area contributed by atoms with Crippen LogP contribution in [0.25, 0.3) is 0 Å². The Kier molecular flexibility index (Phi) is 304. The zero-order chi connectivity index (χ0) is 18.0. The molecule has 0 saturated carbocycles. The van der Waals surface area contributed by atoms with E-state index < -0.39 is 31.3 Å². The van der Waals surface area contributed by atoms with Crippen molar-refractivity contribution < 1.29 is 143 Å². The molecule has 0 heterocycles. The molecule has 0 unspecified atom stereocenters. The zero-order valence-electron chi connectivity index (χ0n) is 14.8. The third-order valence-corrected chi connectivity index (χ3v) is 0. The van der Waals surface area contributed by atoms with Crippen LogP contribution in [0.1, 0.15) is 0 Å². The molecule has 0 aromatic rings. The van der Waals surface area contributed by atoms with Crippen LogP contribution in [0.4, 0.5) is 0 Å². The minimum atomic E-state index is -4.64. The van der Waals surface area contributed by atoms with E-state index in [-0.39, 0.29) is 184 Å². The molecule has 0 aliphatic rings. The van der Waals surface area contributed by atoms with E-state index in [1.807, 2.05) is 0 Å². The Labute approximate surface area is 289 Å². The molecule has 0 aromatic heterocycles. The van der Waals surface area contributed by atoms with E-state index in [4.69, 9.17) is 77.0 Å². The van der Waals surface area contributed by atoms with Gasteiger partial charge >= 0.3 is 150 Å². The van der Waals surface area contributed by atoms with Gasteiger partial charge in [0.2, 0.25) is 0 Å². The van der Waals surface area contributed by atoms with E-state index in [1.165, 1.54) is 0 Å². The molecule has 0 atom stereocenters.